The maximum Gasteiger partial charge on any atom is 0.152 e. The number of sulfone groups is 1. The van der Waals surface area contributed by atoms with Gasteiger partial charge in [-0.2, -0.15) is 0 Å². The Labute approximate surface area is 114 Å². The zero-order chi connectivity index (χ0) is 13.7. The summed E-state index contributed by atoms with van der Waals surface area (Å²) in [7, 11) is -2.80. The van der Waals surface area contributed by atoms with Crippen LogP contribution in [0.1, 0.15) is 18.3 Å². The maximum absolute atomic E-state index is 11.4. The fourth-order valence-corrected chi connectivity index (χ4v) is 3.38. The summed E-state index contributed by atoms with van der Waals surface area (Å²) in [6.45, 7) is 5.73. The fourth-order valence-electron chi connectivity index (χ4n) is 2.11. The molecule has 0 aliphatic carbocycles. The van der Waals surface area contributed by atoms with Gasteiger partial charge in [0.05, 0.1) is 22.9 Å². The lowest BCUT2D eigenvalue weighted by atomic mass is 10.2. The Balaban J connectivity index is 1.92. The van der Waals surface area contributed by atoms with E-state index in [4.69, 9.17) is 0 Å². The predicted octanol–water partition coefficient (Wildman–Crippen LogP) is 0.422. The van der Waals surface area contributed by atoms with Crippen LogP contribution in [0.5, 0.6) is 0 Å². The van der Waals surface area contributed by atoms with Crippen LogP contribution in [-0.4, -0.2) is 49.4 Å². The molecule has 1 N–H and O–H groups in total. The molecule has 1 aromatic rings. The van der Waals surface area contributed by atoms with Crippen molar-refractivity contribution < 1.29 is 8.42 Å². The van der Waals surface area contributed by atoms with Crippen LogP contribution >= 0.6 is 0 Å². The third-order valence-electron chi connectivity index (χ3n) is 3.24. The molecule has 1 saturated heterocycles. The summed E-state index contributed by atoms with van der Waals surface area (Å²) in [6, 6.07) is 6.01. The Bertz CT molecular complexity index is 502. The number of rotatable bonds is 5. The number of hydrogen-bond acceptors (Lipinski definition) is 5. The van der Waals surface area contributed by atoms with Crippen LogP contribution in [0.3, 0.4) is 0 Å². The summed E-state index contributed by atoms with van der Waals surface area (Å²) in [4.78, 5) is 6.74. The van der Waals surface area contributed by atoms with E-state index in [2.05, 4.69) is 22.1 Å². The molecule has 2 heterocycles. The lowest BCUT2D eigenvalue weighted by Crippen LogP contribution is -2.39. The summed E-state index contributed by atoms with van der Waals surface area (Å²) in [6.07, 6.45) is 0. The standard InChI is InChI=1S/C13H21N3O2S/c1-2-14-10-12-4-3-5-13(15-12)11-16-6-8-19(17,18)9-7-16/h3-5,14H,2,6-11H2,1H3. The van der Waals surface area contributed by atoms with Gasteiger partial charge in [-0.05, 0) is 18.7 Å². The molecule has 106 valence electrons. The first-order chi connectivity index (χ1) is 9.09. The van der Waals surface area contributed by atoms with Crippen molar-refractivity contribution in [2.24, 2.45) is 0 Å². The average Bonchev–Trinajstić information content (AvgIpc) is 2.39. The average molecular weight is 283 g/mol. The van der Waals surface area contributed by atoms with Crippen molar-refractivity contribution in [1.82, 2.24) is 15.2 Å². The minimum Gasteiger partial charge on any atom is -0.311 e. The molecule has 2 rings (SSSR count). The number of nitrogens with one attached hydrogen (secondary N) is 1. The third-order valence-corrected chi connectivity index (χ3v) is 4.85. The van der Waals surface area contributed by atoms with E-state index < -0.39 is 9.84 Å². The molecule has 5 nitrogen and oxygen atoms in total. The molecule has 1 aliphatic heterocycles. The van der Waals surface area contributed by atoms with Crippen molar-refractivity contribution in [2.45, 2.75) is 20.0 Å². The van der Waals surface area contributed by atoms with Crippen molar-refractivity contribution >= 4 is 9.84 Å². The van der Waals surface area contributed by atoms with Crippen molar-refractivity contribution in [2.75, 3.05) is 31.1 Å². The van der Waals surface area contributed by atoms with Crippen LogP contribution in [0, 0.1) is 0 Å². The molecule has 1 aliphatic rings. The third kappa shape index (κ3) is 4.56. The molecule has 0 radical (unpaired) electrons. The summed E-state index contributed by atoms with van der Waals surface area (Å²) in [5.41, 5.74) is 2.04. The van der Waals surface area contributed by atoms with E-state index >= 15 is 0 Å². The highest BCUT2D eigenvalue weighted by molar-refractivity contribution is 7.91. The van der Waals surface area contributed by atoms with E-state index in [0.717, 1.165) is 31.0 Å². The predicted molar refractivity (Wildman–Crippen MR) is 75.5 cm³/mol. The molecular formula is C13H21N3O2S. The molecule has 19 heavy (non-hydrogen) atoms. The van der Waals surface area contributed by atoms with Gasteiger partial charge in [-0.1, -0.05) is 13.0 Å². The summed E-state index contributed by atoms with van der Waals surface area (Å²) >= 11 is 0. The first-order valence-corrected chi connectivity index (χ1v) is 8.49. The highest BCUT2D eigenvalue weighted by atomic mass is 32.2. The lowest BCUT2D eigenvalue weighted by molar-refractivity contribution is 0.284. The molecule has 0 spiro atoms. The van der Waals surface area contributed by atoms with E-state index in [9.17, 15) is 8.42 Å². The molecule has 1 aromatic heterocycles. The molecule has 0 bridgehead atoms. The van der Waals surface area contributed by atoms with Gasteiger partial charge < -0.3 is 5.32 Å². The van der Waals surface area contributed by atoms with Crippen LogP contribution in [0.25, 0.3) is 0 Å². The highest BCUT2D eigenvalue weighted by Crippen LogP contribution is 2.09. The van der Waals surface area contributed by atoms with E-state index in [1.165, 1.54) is 0 Å². The second kappa shape index (κ2) is 6.45. The highest BCUT2D eigenvalue weighted by Gasteiger charge is 2.21. The molecule has 0 atom stereocenters. The SMILES string of the molecule is CCNCc1cccc(CN2CCS(=O)(=O)CC2)n1. The number of aromatic nitrogens is 1. The Hall–Kier alpha value is -0.980. The monoisotopic (exact) mass is 283 g/mol. The van der Waals surface area contributed by atoms with Crippen molar-refractivity contribution in [3.8, 4) is 0 Å². The topological polar surface area (TPSA) is 62.3 Å². The second-order valence-electron chi connectivity index (χ2n) is 4.83. The quantitative estimate of drug-likeness (QED) is 0.848. The molecule has 6 heteroatoms. The molecule has 0 amide bonds. The zero-order valence-corrected chi connectivity index (χ0v) is 12.1. The van der Waals surface area contributed by atoms with Crippen LogP contribution in [0.4, 0.5) is 0 Å². The minimum absolute atomic E-state index is 0.268. The van der Waals surface area contributed by atoms with Gasteiger partial charge in [0, 0.05) is 26.2 Å². The van der Waals surface area contributed by atoms with E-state index in [1.807, 2.05) is 18.2 Å². The molecule has 0 unspecified atom stereocenters. The molecule has 1 fully saturated rings. The van der Waals surface area contributed by atoms with Gasteiger partial charge in [0.25, 0.3) is 0 Å². The van der Waals surface area contributed by atoms with Gasteiger partial charge >= 0.3 is 0 Å². The second-order valence-corrected chi connectivity index (χ2v) is 7.13. The lowest BCUT2D eigenvalue weighted by Gasteiger charge is -2.26. The Morgan fingerprint density at radius 2 is 1.95 bits per heavy atom. The fraction of sp³-hybridized carbons (Fsp3) is 0.615. The van der Waals surface area contributed by atoms with Gasteiger partial charge in [0.15, 0.2) is 9.84 Å². The molecular weight excluding hydrogens is 262 g/mol. The van der Waals surface area contributed by atoms with Crippen LogP contribution < -0.4 is 5.32 Å². The van der Waals surface area contributed by atoms with Crippen molar-refractivity contribution in [1.29, 1.82) is 0 Å². The van der Waals surface area contributed by atoms with Gasteiger partial charge in [0.1, 0.15) is 0 Å². The van der Waals surface area contributed by atoms with Crippen LogP contribution in [-0.2, 0) is 22.9 Å². The van der Waals surface area contributed by atoms with Gasteiger partial charge in [-0.15, -0.1) is 0 Å². The minimum atomic E-state index is -2.80. The van der Waals surface area contributed by atoms with E-state index in [-0.39, 0.29) is 11.5 Å². The van der Waals surface area contributed by atoms with Gasteiger partial charge in [0.2, 0.25) is 0 Å². The number of pyridine rings is 1. The van der Waals surface area contributed by atoms with Crippen molar-refractivity contribution in [3.63, 3.8) is 0 Å². The Morgan fingerprint density at radius 3 is 2.63 bits per heavy atom. The summed E-state index contributed by atoms with van der Waals surface area (Å²) < 4.78 is 22.7. The summed E-state index contributed by atoms with van der Waals surface area (Å²) in [5, 5.41) is 3.25. The normalized spacial score (nSPS) is 19.4. The van der Waals surface area contributed by atoms with Gasteiger partial charge in [-0.3, -0.25) is 9.88 Å². The van der Waals surface area contributed by atoms with Crippen LogP contribution in [0.15, 0.2) is 18.2 Å². The maximum atomic E-state index is 11.4. The largest absolute Gasteiger partial charge is 0.311 e. The molecule has 0 aromatic carbocycles. The first kappa shape index (κ1) is 14.4. The number of nitrogens with zero attached hydrogens (tertiary/aromatic N) is 2. The summed E-state index contributed by atoms with van der Waals surface area (Å²) in [5.74, 6) is 0.536. The Kier molecular flexibility index (Phi) is 4.90. The van der Waals surface area contributed by atoms with E-state index in [1.54, 1.807) is 0 Å². The first-order valence-electron chi connectivity index (χ1n) is 6.67. The van der Waals surface area contributed by atoms with Gasteiger partial charge in [-0.25, -0.2) is 8.42 Å². The number of hydrogen-bond donors (Lipinski definition) is 1. The molecule has 0 saturated carbocycles. The zero-order valence-electron chi connectivity index (χ0n) is 11.3. The van der Waals surface area contributed by atoms with Crippen molar-refractivity contribution in [3.05, 3.63) is 29.6 Å². The Morgan fingerprint density at radius 1 is 1.26 bits per heavy atom. The van der Waals surface area contributed by atoms with E-state index in [0.29, 0.717) is 13.1 Å². The van der Waals surface area contributed by atoms with Crippen LogP contribution in [0.2, 0.25) is 0 Å². The smallest absolute Gasteiger partial charge is 0.152 e.